The summed E-state index contributed by atoms with van der Waals surface area (Å²) in [5.41, 5.74) is 9.92. The first-order valence-electron chi connectivity index (χ1n) is 9.81. The number of ether oxygens (including phenoxy) is 1. The first-order valence-corrected chi connectivity index (χ1v) is 9.81. The number of hydrogen-bond acceptors (Lipinski definition) is 9. The zero-order valence-corrected chi connectivity index (χ0v) is 16.2. The summed E-state index contributed by atoms with van der Waals surface area (Å²) in [5.74, 6) is 4.47. The van der Waals surface area contributed by atoms with Crippen molar-refractivity contribution < 1.29 is 9.84 Å². The summed E-state index contributed by atoms with van der Waals surface area (Å²) in [6.07, 6.45) is 3.82. The lowest BCUT2D eigenvalue weighted by Gasteiger charge is -2.33. The number of hydrazone groups is 1. The third-order valence-corrected chi connectivity index (χ3v) is 5.40. The second-order valence-corrected chi connectivity index (χ2v) is 7.42. The van der Waals surface area contributed by atoms with E-state index >= 15 is 0 Å². The Hall–Kier alpha value is -2.56. The molecule has 0 aliphatic carbocycles. The maximum absolute atomic E-state index is 10.6. The maximum atomic E-state index is 10.6. The Morgan fingerprint density at radius 3 is 2.72 bits per heavy atom. The normalized spacial score (nSPS) is 24.1. The Labute approximate surface area is 169 Å². The number of pyridine rings is 1. The van der Waals surface area contributed by atoms with Crippen molar-refractivity contribution in [2.75, 3.05) is 19.6 Å². The quantitative estimate of drug-likeness (QED) is 0.267. The second kappa shape index (κ2) is 8.44. The Bertz CT molecular complexity index is 836. The van der Waals surface area contributed by atoms with Crippen LogP contribution in [0.5, 0.6) is 11.6 Å². The van der Waals surface area contributed by atoms with Gasteiger partial charge in [0.2, 0.25) is 5.88 Å². The van der Waals surface area contributed by atoms with Crippen LogP contribution >= 0.6 is 0 Å². The molecule has 1 saturated heterocycles. The van der Waals surface area contributed by atoms with Crippen LogP contribution in [0.15, 0.2) is 53.8 Å². The highest BCUT2D eigenvalue weighted by atomic mass is 16.5. The van der Waals surface area contributed by atoms with E-state index in [1.165, 1.54) is 0 Å². The average Bonchev–Trinajstić information content (AvgIpc) is 3.22. The molecule has 2 unspecified atom stereocenters. The van der Waals surface area contributed by atoms with Gasteiger partial charge < -0.3 is 15.2 Å². The van der Waals surface area contributed by atoms with E-state index in [1.54, 1.807) is 12.3 Å². The van der Waals surface area contributed by atoms with Gasteiger partial charge in [0.15, 0.2) is 5.85 Å². The summed E-state index contributed by atoms with van der Waals surface area (Å²) in [7, 11) is 0. The van der Waals surface area contributed by atoms with E-state index < -0.39 is 11.8 Å². The van der Waals surface area contributed by atoms with E-state index in [1.807, 2.05) is 41.4 Å². The molecular formula is C20H27N7O2. The Morgan fingerprint density at radius 1 is 1.24 bits per heavy atom. The van der Waals surface area contributed by atoms with Gasteiger partial charge in [-0.2, -0.15) is 5.10 Å². The van der Waals surface area contributed by atoms with Crippen LogP contribution < -0.4 is 27.1 Å². The average molecular weight is 397 g/mol. The molecule has 9 nitrogen and oxygen atoms in total. The predicted octanol–water partition coefficient (Wildman–Crippen LogP) is 0.330. The van der Waals surface area contributed by atoms with Crippen molar-refractivity contribution in [2.24, 2.45) is 22.6 Å². The molecule has 154 valence electrons. The Balaban J connectivity index is 1.57. The highest BCUT2D eigenvalue weighted by molar-refractivity contribution is 6.03. The van der Waals surface area contributed by atoms with Gasteiger partial charge in [-0.05, 0) is 55.3 Å². The fourth-order valence-corrected chi connectivity index (χ4v) is 3.77. The van der Waals surface area contributed by atoms with Crippen LogP contribution in [-0.2, 0) is 0 Å². The number of hydrazine groups is 1. The molecular weight excluding hydrogens is 370 g/mol. The van der Waals surface area contributed by atoms with Gasteiger partial charge in [-0.3, -0.25) is 16.6 Å². The molecule has 0 saturated carbocycles. The number of rotatable bonds is 6. The van der Waals surface area contributed by atoms with Gasteiger partial charge in [0.05, 0.1) is 24.2 Å². The molecule has 7 N–H and O–H groups in total. The van der Waals surface area contributed by atoms with Gasteiger partial charge in [-0.25, -0.2) is 10.4 Å². The zero-order chi connectivity index (χ0) is 20.3. The van der Waals surface area contributed by atoms with Crippen LogP contribution in [0.3, 0.4) is 0 Å². The van der Waals surface area contributed by atoms with Crippen LogP contribution in [0.25, 0.3) is 0 Å². The molecule has 0 amide bonds. The van der Waals surface area contributed by atoms with Gasteiger partial charge in [-0.1, -0.05) is 6.07 Å². The highest BCUT2D eigenvalue weighted by Crippen LogP contribution is 2.29. The van der Waals surface area contributed by atoms with Crippen molar-refractivity contribution >= 4 is 5.71 Å². The van der Waals surface area contributed by atoms with E-state index in [0.29, 0.717) is 23.9 Å². The number of aliphatic hydroxyl groups is 1. The number of nitrogens with zero attached hydrogens (tertiary/aromatic N) is 3. The van der Waals surface area contributed by atoms with Crippen molar-refractivity contribution in [3.63, 3.8) is 0 Å². The number of nitrogens with one attached hydrogen (secondary N) is 2. The lowest BCUT2D eigenvalue weighted by Crippen LogP contribution is -2.64. The monoisotopic (exact) mass is 397 g/mol. The molecule has 3 heterocycles. The lowest BCUT2D eigenvalue weighted by atomic mass is 9.92. The molecule has 1 aromatic carbocycles. The van der Waals surface area contributed by atoms with Gasteiger partial charge in [0.25, 0.3) is 0 Å². The first kappa shape index (κ1) is 19.7. The molecule has 1 fully saturated rings. The van der Waals surface area contributed by atoms with Crippen molar-refractivity contribution in [1.82, 2.24) is 20.7 Å². The number of hydrogen-bond donors (Lipinski definition) is 5. The summed E-state index contributed by atoms with van der Waals surface area (Å²) >= 11 is 0. The fraction of sp³-hybridized carbons (Fsp3) is 0.400. The Kier molecular flexibility index (Phi) is 5.74. The molecule has 2 aliphatic heterocycles. The standard InChI is InChI=1S/C20H27N7O2/c21-20(28,26-22)17-13-27(15-4-3-10-23-12-15)25-19(17)14-6-8-16(9-7-14)29-18-5-1-2-11-24-18/h1-2,5-9,11,15,17,23,26,28H,3-4,10,12-13,21-22H2/t15-,17?,20?/m1/s1. The van der Waals surface area contributed by atoms with Gasteiger partial charge in [0, 0.05) is 18.8 Å². The number of nitrogens with two attached hydrogens (primary N) is 2. The molecule has 2 aliphatic rings. The van der Waals surface area contributed by atoms with Crippen molar-refractivity contribution in [3.8, 4) is 11.6 Å². The van der Waals surface area contributed by atoms with Gasteiger partial charge in [0.1, 0.15) is 5.75 Å². The van der Waals surface area contributed by atoms with Crippen molar-refractivity contribution in [1.29, 1.82) is 0 Å². The third kappa shape index (κ3) is 4.39. The smallest absolute Gasteiger partial charge is 0.219 e. The number of benzene rings is 1. The number of aromatic nitrogens is 1. The largest absolute Gasteiger partial charge is 0.439 e. The highest BCUT2D eigenvalue weighted by Gasteiger charge is 2.43. The maximum Gasteiger partial charge on any atom is 0.219 e. The summed E-state index contributed by atoms with van der Waals surface area (Å²) in [5, 5.41) is 20.8. The number of piperidine rings is 1. The van der Waals surface area contributed by atoms with Crippen molar-refractivity contribution in [3.05, 3.63) is 54.2 Å². The van der Waals surface area contributed by atoms with E-state index in [-0.39, 0.29) is 6.04 Å². The lowest BCUT2D eigenvalue weighted by molar-refractivity contribution is -0.0274. The van der Waals surface area contributed by atoms with Crippen LogP contribution in [0.1, 0.15) is 18.4 Å². The predicted molar refractivity (Wildman–Crippen MR) is 110 cm³/mol. The molecule has 4 rings (SSSR count). The summed E-state index contributed by atoms with van der Waals surface area (Å²) < 4.78 is 5.75. The molecule has 29 heavy (non-hydrogen) atoms. The summed E-state index contributed by atoms with van der Waals surface area (Å²) in [6.45, 7) is 2.37. The Morgan fingerprint density at radius 2 is 2.07 bits per heavy atom. The van der Waals surface area contributed by atoms with Crippen LogP contribution in [0, 0.1) is 5.92 Å². The molecule has 9 heteroatoms. The minimum absolute atomic E-state index is 0.268. The van der Waals surface area contributed by atoms with Crippen molar-refractivity contribution in [2.45, 2.75) is 24.7 Å². The van der Waals surface area contributed by atoms with Crippen LogP contribution in [-0.4, -0.2) is 52.3 Å². The minimum Gasteiger partial charge on any atom is -0.439 e. The molecule has 0 spiro atoms. The topological polar surface area (TPSA) is 134 Å². The molecule has 2 aromatic rings. The van der Waals surface area contributed by atoms with E-state index in [2.05, 4.69) is 15.7 Å². The molecule has 3 atom stereocenters. The third-order valence-electron chi connectivity index (χ3n) is 5.40. The minimum atomic E-state index is -1.77. The van der Waals surface area contributed by atoms with E-state index in [0.717, 1.165) is 31.5 Å². The second-order valence-electron chi connectivity index (χ2n) is 7.42. The first-order chi connectivity index (χ1) is 14.1. The van der Waals surface area contributed by atoms with E-state index in [4.69, 9.17) is 21.4 Å². The zero-order valence-electron chi connectivity index (χ0n) is 16.2. The summed E-state index contributed by atoms with van der Waals surface area (Å²) in [4.78, 5) is 4.16. The van der Waals surface area contributed by atoms with E-state index in [9.17, 15) is 5.11 Å². The molecule has 1 aromatic heterocycles. The van der Waals surface area contributed by atoms with Crippen LogP contribution in [0.2, 0.25) is 0 Å². The summed E-state index contributed by atoms with van der Waals surface area (Å²) in [6, 6.07) is 13.3. The molecule has 0 radical (unpaired) electrons. The molecule has 0 bridgehead atoms. The van der Waals surface area contributed by atoms with Crippen LogP contribution in [0.4, 0.5) is 0 Å². The SMILES string of the molecule is NNC(N)(O)C1CN([C@@H]2CCCNC2)N=C1c1ccc(Oc2ccccn2)cc1. The van der Waals surface area contributed by atoms with Gasteiger partial charge in [-0.15, -0.1) is 0 Å². The fourth-order valence-electron chi connectivity index (χ4n) is 3.77. The van der Waals surface area contributed by atoms with Gasteiger partial charge >= 0.3 is 0 Å².